The molecule has 1 aromatic heterocycles. The maximum atomic E-state index is 5.76. The van der Waals surface area contributed by atoms with Crippen LogP contribution in [0.5, 0.6) is 0 Å². The van der Waals surface area contributed by atoms with E-state index in [0.29, 0.717) is 5.28 Å². The first kappa shape index (κ1) is 10.1. The molecule has 2 rings (SSSR count). The molecule has 0 atom stereocenters. The van der Waals surface area contributed by atoms with E-state index in [9.17, 15) is 0 Å². The molecule has 3 heteroatoms. The zero-order chi connectivity index (χ0) is 10.7. The molecule has 0 radical (unpaired) electrons. The lowest BCUT2D eigenvalue weighted by Crippen LogP contribution is -1.97. The lowest BCUT2D eigenvalue weighted by atomic mass is 10.1. The summed E-state index contributed by atoms with van der Waals surface area (Å²) in [5, 5.41) is 0.312. The molecule has 0 amide bonds. The van der Waals surface area contributed by atoms with Crippen LogP contribution in [0, 0.1) is 6.92 Å². The first-order valence-electron chi connectivity index (χ1n) is 4.77. The Hall–Kier alpha value is -1.41. The Morgan fingerprint density at radius 3 is 2.67 bits per heavy atom. The van der Waals surface area contributed by atoms with Crippen molar-refractivity contribution >= 4 is 11.6 Å². The van der Waals surface area contributed by atoms with Gasteiger partial charge in [0.05, 0.1) is 5.69 Å². The van der Waals surface area contributed by atoms with E-state index in [1.807, 2.05) is 25.1 Å². The predicted octanol–water partition coefficient (Wildman–Crippen LogP) is 3.03. The molecule has 0 aliphatic carbocycles. The van der Waals surface area contributed by atoms with Gasteiger partial charge in [-0.05, 0) is 29.7 Å². The molecule has 0 unspecified atom stereocenters. The molecule has 0 spiro atoms. The molecule has 0 saturated heterocycles. The Morgan fingerprint density at radius 2 is 1.93 bits per heavy atom. The zero-order valence-electron chi connectivity index (χ0n) is 8.44. The Morgan fingerprint density at radius 1 is 1.20 bits per heavy atom. The van der Waals surface area contributed by atoms with Crippen LogP contribution in [-0.4, -0.2) is 9.97 Å². The van der Waals surface area contributed by atoms with Gasteiger partial charge in [0.15, 0.2) is 0 Å². The molecule has 0 saturated carbocycles. The zero-order valence-corrected chi connectivity index (χ0v) is 9.20. The number of hydrogen-bond donors (Lipinski definition) is 0. The summed E-state index contributed by atoms with van der Waals surface area (Å²) in [6, 6.07) is 10.2. The maximum Gasteiger partial charge on any atom is 0.222 e. The number of aromatic nitrogens is 2. The van der Waals surface area contributed by atoms with E-state index in [-0.39, 0.29) is 0 Å². The lowest BCUT2D eigenvalue weighted by Gasteiger charge is -2.04. The van der Waals surface area contributed by atoms with Crippen molar-refractivity contribution < 1.29 is 0 Å². The summed E-state index contributed by atoms with van der Waals surface area (Å²) in [5.74, 6) is 0. The van der Waals surface area contributed by atoms with Crippen molar-refractivity contribution in [2.75, 3.05) is 0 Å². The summed E-state index contributed by atoms with van der Waals surface area (Å²) in [5.41, 5.74) is 3.29. The van der Waals surface area contributed by atoms with Gasteiger partial charge in [-0.25, -0.2) is 9.97 Å². The van der Waals surface area contributed by atoms with E-state index in [4.69, 9.17) is 11.6 Å². The highest BCUT2D eigenvalue weighted by Crippen LogP contribution is 2.12. The Bertz CT molecular complexity index is 454. The number of hydrogen-bond acceptors (Lipinski definition) is 2. The van der Waals surface area contributed by atoms with E-state index in [0.717, 1.165) is 17.7 Å². The summed E-state index contributed by atoms with van der Waals surface area (Å²) in [6.07, 6.45) is 2.56. The maximum absolute atomic E-state index is 5.76. The third-order valence-electron chi connectivity index (χ3n) is 2.26. The molecular formula is C12H11ClN2. The highest BCUT2D eigenvalue weighted by molar-refractivity contribution is 6.28. The Labute approximate surface area is 94.0 Å². The third-order valence-corrected chi connectivity index (χ3v) is 2.44. The van der Waals surface area contributed by atoms with Crippen LogP contribution in [0.15, 0.2) is 36.5 Å². The van der Waals surface area contributed by atoms with Gasteiger partial charge in [0, 0.05) is 12.6 Å². The molecule has 15 heavy (non-hydrogen) atoms. The Kier molecular flexibility index (Phi) is 2.97. The van der Waals surface area contributed by atoms with E-state index >= 15 is 0 Å². The normalized spacial score (nSPS) is 10.3. The van der Waals surface area contributed by atoms with Gasteiger partial charge in [0.2, 0.25) is 5.28 Å². The molecule has 0 aliphatic heterocycles. The van der Waals surface area contributed by atoms with Crippen LogP contribution in [0.1, 0.15) is 16.8 Å². The smallest absolute Gasteiger partial charge is 0.222 e. The van der Waals surface area contributed by atoms with Crippen LogP contribution >= 0.6 is 11.6 Å². The van der Waals surface area contributed by atoms with Gasteiger partial charge in [0.25, 0.3) is 0 Å². The molecule has 0 fully saturated rings. The summed E-state index contributed by atoms with van der Waals surface area (Å²) in [6.45, 7) is 1.99. The Balaban J connectivity index is 2.28. The summed E-state index contributed by atoms with van der Waals surface area (Å²) < 4.78 is 0. The average molecular weight is 219 g/mol. The SMILES string of the molecule is Cc1cnc(Cl)nc1Cc1ccccc1. The second-order valence-corrected chi connectivity index (χ2v) is 3.77. The van der Waals surface area contributed by atoms with Crippen LogP contribution in [0.3, 0.4) is 0 Å². The molecule has 0 N–H and O–H groups in total. The molecular weight excluding hydrogens is 208 g/mol. The molecule has 2 nitrogen and oxygen atoms in total. The molecule has 76 valence electrons. The fraction of sp³-hybridized carbons (Fsp3) is 0.167. The van der Waals surface area contributed by atoms with Crippen molar-refractivity contribution in [2.45, 2.75) is 13.3 Å². The highest BCUT2D eigenvalue weighted by atomic mass is 35.5. The van der Waals surface area contributed by atoms with Gasteiger partial charge in [-0.2, -0.15) is 0 Å². The quantitative estimate of drug-likeness (QED) is 0.725. The van der Waals surface area contributed by atoms with Crippen LogP contribution in [0.2, 0.25) is 5.28 Å². The van der Waals surface area contributed by atoms with Gasteiger partial charge in [0.1, 0.15) is 0 Å². The van der Waals surface area contributed by atoms with Gasteiger partial charge in [-0.1, -0.05) is 30.3 Å². The van der Waals surface area contributed by atoms with Crippen LogP contribution in [0.4, 0.5) is 0 Å². The van der Waals surface area contributed by atoms with Gasteiger partial charge in [-0.3, -0.25) is 0 Å². The number of aryl methyl sites for hydroxylation is 1. The van der Waals surface area contributed by atoms with Gasteiger partial charge >= 0.3 is 0 Å². The molecule has 0 aliphatic rings. The van der Waals surface area contributed by atoms with Crippen LogP contribution in [-0.2, 0) is 6.42 Å². The topological polar surface area (TPSA) is 25.8 Å². The molecule has 2 aromatic rings. The van der Waals surface area contributed by atoms with Crippen molar-refractivity contribution in [3.63, 3.8) is 0 Å². The van der Waals surface area contributed by atoms with Crippen LogP contribution in [0.25, 0.3) is 0 Å². The number of halogens is 1. The number of nitrogens with zero attached hydrogens (tertiary/aromatic N) is 2. The monoisotopic (exact) mass is 218 g/mol. The minimum Gasteiger partial charge on any atom is -0.226 e. The minimum atomic E-state index is 0.312. The number of rotatable bonds is 2. The summed E-state index contributed by atoms with van der Waals surface area (Å²) >= 11 is 5.76. The van der Waals surface area contributed by atoms with Crippen LogP contribution < -0.4 is 0 Å². The van der Waals surface area contributed by atoms with E-state index in [1.54, 1.807) is 6.20 Å². The van der Waals surface area contributed by atoms with Crippen molar-refractivity contribution in [3.05, 3.63) is 58.6 Å². The highest BCUT2D eigenvalue weighted by Gasteiger charge is 2.03. The summed E-state index contributed by atoms with van der Waals surface area (Å²) in [4.78, 5) is 8.16. The first-order valence-corrected chi connectivity index (χ1v) is 5.15. The van der Waals surface area contributed by atoms with E-state index < -0.39 is 0 Å². The van der Waals surface area contributed by atoms with Gasteiger partial charge in [-0.15, -0.1) is 0 Å². The molecule has 1 heterocycles. The third kappa shape index (κ3) is 2.54. The second kappa shape index (κ2) is 4.41. The molecule has 1 aromatic carbocycles. The lowest BCUT2D eigenvalue weighted by molar-refractivity contribution is 0.996. The fourth-order valence-electron chi connectivity index (χ4n) is 1.42. The van der Waals surface area contributed by atoms with Gasteiger partial charge < -0.3 is 0 Å². The minimum absolute atomic E-state index is 0.312. The average Bonchev–Trinajstić information content (AvgIpc) is 2.25. The second-order valence-electron chi connectivity index (χ2n) is 3.43. The molecule has 0 bridgehead atoms. The number of benzene rings is 1. The van der Waals surface area contributed by atoms with Crippen molar-refractivity contribution in [1.82, 2.24) is 9.97 Å². The van der Waals surface area contributed by atoms with Crippen molar-refractivity contribution in [2.24, 2.45) is 0 Å². The first-order chi connectivity index (χ1) is 7.25. The van der Waals surface area contributed by atoms with Crippen molar-refractivity contribution in [1.29, 1.82) is 0 Å². The predicted molar refractivity (Wildman–Crippen MR) is 61.0 cm³/mol. The van der Waals surface area contributed by atoms with E-state index in [2.05, 4.69) is 22.1 Å². The fourth-order valence-corrected chi connectivity index (χ4v) is 1.57. The van der Waals surface area contributed by atoms with E-state index in [1.165, 1.54) is 5.56 Å². The largest absolute Gasteiger partial charge is 0.226 e. The summed E-state index contributed by atoms with van der Waals surface area (Å²) in [7, 11) is 0. The standard InChI is InChI=1S/C12H11ClN2/c1-9-8-14-12(13)15-11(9)7-10-5-3-2-4-6-10/h2-6,8H,7H2,1H3. The van der Waals surface area contributed by atoms with Crippen molar-refractivity contribution in [3.8, 4) is 0 Å².